The van der Waals surface area contributed by atoms with E-state index in [0.29, 0.717) is 10.9 Å². The van der Waals surface area contributed by atoms with E-state index in [0.717, 1.165) is 35.0 Å². The second kappa shape index (κ2) is 9.73. The molecule has 0 saturated carbocycles. The molecule has 2 aliphatic rings. The molecule has 7 heteroatoms. The zero-order valence-corrected chi connectivity index (χ0v) is 20.1. The number of nitrogens with zero attached hydrogens (tertiary/aromatic N) is 4. The van der Waals surface area contributed by atoms with E-state index in [9.17, 15) is 4.79 Å². The fourth-order valence-corrected chi connectivity index (χ4v) is 5.09. The highest BCUT2D eigenvalue weighted by atomic mass is 32.2. The van der Waals surface area contributed by atoms with Crippen molar-refractivity contribution in [2.75, 3.05) is 18.0 Å². The van der Waals surface area contributed by atoms with Crippen molar-refractivity contribution in [3.05, 3.63) is 101 Å². The Labute approximate surface area is 203 Å². The molecular weight excluding hydrogens is 442 g/mol. The summed E-state index contributed by atoms with van der Waals surface area (Å²) >= 11 is 1.52. The summed E-state index contributed by atoms with van der Waals surface area (Å²) in [6, 6.07) is 26.4. The van der Waals surface area contributed by atoms with Crippen LogP contribution in [-0.4, -0.2) is 29.2 Å². The summed E-state index contributed by atoms with van der Waals surface area (Å²) in [6.45, 7) is 6.21. The SMILES string of the molecule is CCN(CC)c1ccc(C2N=c3ccccc3=C3C(=O)NC(SCc4ccccc4)=NN32)cc1. The van der Waals surface area contributed by atoms with Crippen molar-refractivity contribution in [2.45, 2.75) is 25.8 Å². The first-order valence-corrected chi connectivity index (χ1v) is 12.5. The summed E-state index contributed by atoms with van der Waals surface area (Å²) in [6.07, 6.45) is -0.408. The van der Waals surface area contributed by atoms with Gasteiger partial charge in [0.1, 0.15) is 5.70 Å². The largest absolute Gasteiger partial charge is 0.372 e. The van der Waals surface area contributed by atoms with E-state index >= 15 is 0 Å². The molecule has 0 fully saturated rings. The van der Waals surface area contributed by atoms with Gasteiger partial charge in [-0.25, -0.2) is 5.01 Å². The average molecular weight is 470 g/mol. The normalized spacial score (nSPS) is 16.7. The number of amidine groups is 1. The van der Waals surface area contributed by atoms with Crippen molar-refractivity contribution in [2.24, 2.45) is 10.1 Å². The number of fused-ring (bicyclic) bond motifs is 2. The molecular formula is C27H27N5OS. The molecule has 0 saturated heterocycles. The van der Waals surface area contributed by atoms with E-state index < -0.39 is 6.17 Å². The van der Waals surface area contributed by atoms with Crippen LogP contribution in [0.4, 0.5) is 5.69 Å². The molecule has 0 aromatic heterocycles. The highest BCUT2D eigenvalue weighted by Gasteiger charge is 2.34. The maximum Gasteiger partial charge on any atom is 0.276 e. The third-order valence-electron chi connectivity index (χ3n) is 6.05. The third-order valence-corrected chi connectivity index (χ3v) is 6.99. The minimum absolute atomic E-state index is 0.155. The molecule has 6 nitrogen and oxygen atoms in total. The van der Waals surface area contributed by atoms with E-state index in [1.54, 1.807) is 5.01 Å². The number of rotatable bonds is 6. The Balaban J connectivity index is 1.53. The van der Waals surface area contributed by atoms with Gasteiger partial charge in [-0.3, -0.25) is 15.1 Å². The van der Waals surface area contributed by atoms with Crippen LogP contribution in [0.5, 0.6) is 0 Å². The average Bonchev–Trinajstić information content (AvgIpc) is 2.88. The van der Waals surface area contributed by atoms with Gasteiger partial charge >= 0.3 is 0 Å². The van der Waals surface area contributed by atoms with Gasteiger partial charge in [0.25, 0.3) is 5.91 Å². The van der Waals surface area contributed by atoms with Gasteiger partial charge in [0.05, 0.1) is 5.36 Å². The number of carbonyl (C=O) groups excluding carboxylic acids is 1. The first-order valence-electron chi connectivity index (χ1n) is 11.6. The molecule has 0 spiro atoms. The summed E-state index contributed by atoms with van der Waals surface area (Å²) in [5, 5.41) is 11.8. The van der Waals surface area contributed by atoms with E-state index in [1.165, 1.54) is 23.0 Å². The molecule has 5 rings (SSSR count). The van der Waals surface area contributed by atoms with E-state index in [4.69, 9.17) is 10.1 Å². The van der Waals surface area contributed by atoms with Crippen LogP contribution in [-0.2, 0) is 10.5 Å². The number of amides is 1. The smallest absolute Gasteiger partial charge is 0.276 e. The number of anilines is 1. The number of benzene rings is 3. The van der Waals surface area contributed by atoms with Crippen molar-refractivity contribution in [3.63, 3.8) is 0 Å². The summed E-state index contributed by atoms with van der Waals surface area (Å²) < 4.78 is 0. The second-order valence-electron chi connectivity index (χ2n) is 8.11. The summed E-state index contributed by atoms with van der Waals surface area (Å²) in [5.74, 6) is 0.567. The topological polar surface area (TPSA) is 60.3 Å². The van der Waals surface area contributed by atoms with Crippen LogP contribution in [0.1, 0.15) is 31.1 Å². The predicted molar refractivity (Wildman–Crippen MR) is 139 cm³/mol. The Morgan fingerprint density at radius 3 is 2.38 bits per heavy atom. The van der Waals surface area contributed by atoms with Crippen molar-refractivity contribution in [1.82, 2.24) is 10.3 Å². The molecule has 3 aromatic rings. The standard InChI is InChI=1S/C27H27N5OS/c1-3-31(4-2)21-16-14-20(15-17-21)25-28-23-13-9-8-12-22(23)24-26(33)29-27(30-32(24)25)34-18-19-10-6-5-7-11-19/h5-17,25H,3-4,18H2,1-2H3,(H,29,30,33). The molecule has 0 aliphatic carbocycles. The third kappa shape index (κ3) is 4.31. The van der Waals surface area contributed by atoms with Gasteiger partial charge in [-0.15, -0.1) is 5.10 Å². The highest BCUT2D eigenvalue weighted by molar-refractivity contribution is 8.13. The molecule has 3 aromatic carbocycles. The van der Waals surface area contributed by atoms with Gasteiger partial charge in [0.15, 0.2) is 11.3 Å². The van der Waals surface area contributed by atoms with E-state index in [2.05, 4.69) is 60.5 Å². The van der Waals surface area contributed by atoms with Crippen molar-refractivity contribution >= 4 is 34.2 Å². The molecule has 2 aliphatic heterocycles. The lowest BCUT2D eigenvalue weighted by molar-refractivity contribution is -0.116. The highest BCUT2D eigenvalue weighted by Crippen LogP contribution is 2.32. The van der Waals surface area contributed by atoms with Gasteiger partial charge in [0.2, 0.25) is 0 Å². The van der Waals surface area contributed by atoms with Crippen molar-refractivity contribution in [1.29, 1.82) is 0 Å². The molecule has 0 radical (unpaired) electrons. The molecule has 34 heavy (non-hydrogen) atoms. The lowest BCUT2D eigenvalue weighted by Crippen LogP contribution is -2.50. The number of thioether (sulfide) groups is 1. The van der Waals surface area contributed by atoms with Gasteiger partial charge < -0.3 is 4.90 Å². The van der Waals surface area contributed by atoms with E-state index in [-0.39, 0.29) is 5.91 Å². The minimum atomic E-state index is -0.408. The minimum Gasteiger partial charge on any atom is -0.372 e. The molecule has 1 amide bonds. The summed E-state index contributed by atoms with van der Waals surface area (Å²) in [4.78, 5) is 20.6. The summed E-state index contributed by atoms with van der Waals surface area (Å²) in [7, 11) is 0. The number of hydrazone groups is 1. The first kappa shape index (κ1) is 22.2. The monoisotopic (exact) mass is 469 g/mol. The van der Waals surface area contributed by atoms with E-state index in [1.807, 2.05) is 42.5 Å². The number of hydrogen-bond donors (Lipinski definition) is 1. The Bertz CT molecular complexity index is 1330. The zero-order valence-electron chi connectivity index (χ0n) is 19.3. The number of hydrogen-bond acceptors (Lipinski definition) is 6. The Morgan fingerprint density at radius 1 is 0.941 bits per heavy atom. The quantitative estimate of drug-likeness (QED) is 0.599. The van der Waals surface area contributed by atoms with Crippen molar-refractivity contribution in [3.8, 4) is 0 Å². The van der Waals surface area contributed by atoms with Crippen molar-refractivity contribution < 1.29 is 4.79 Å². The van der Waals surface area contributed by atoms with Gasteiger partial charge in [-0.05, 0) is 43.2 Å². The zero-order chi connectivity index (χ0) is 23.5. The molecule has 0 bridgehead atoms. The fraction of sp³-hybridized carbons (Fsp3) is 0.222. The molecule has 1 atom stereocenters. The van der Waals surface area contributed by atoms with Crippen LogP contribution in [0.3, 0.4) is 0 Å². The Morgan fingerprint density at radius 2 is 1.65 bits per heavy atom. The molecule has 1 unspecified atom stereocenters. The second-order valence-corrected chi connectivity index (χ2v) is 9.07. The van der Waals surface area contributed by atoms with Crippen LogP contribution < -0.4 is 20.8 Å². The van der Waals surface area contributed by atoms with Crippen LogP contribution in [0.15, 0.2) is 89.0 Å². The van der Waals surface area contributed by atoms with Gasteiger partial charge in [-0.2, -0.15) is 0 Å². The molecule has 2 heterocycles. The number of nitrogens with one attached hydrogen (secondary N) is 1. The lowest BCUT2D eigenvalue weighted by atomic mass is 10.1. The van der Waals surface area contributed by atoms with Gasteiger partial charge in [0, 0.05) is 29.7 Å². The number of carbonyl (C=O) groups is 1. The summed E-state index contributed by atoms with van der Waals surface area (Å²) in [5.41, 5.74) is 3.88. The van der Waals surface area contributed by atoms with Crippen LogP contribution in [0, 0.1) is 0 Å². The lowest BCUT2D eigenvalue weighted by Gasteiger charge is -2.34. The van der Waals surface area contributed by atoms with Gasteiger partial charge in [-0.1, -0.05) is 72.4 Å². The first-order chi connectivity index (χ1) is 16.7. The Hall–Kier alpha value is -3.58. The maximum absolute atomic E-state index is 13.3. The number of para-hydroxylation sites is 1. The van der Waals surface area contributed by atoms with Crippen LogP contribution >= 0.6 is 11.8 Å². The van der Waals surface area contributed by atoms with Crippen LogP contribution in [0.25, 0.3) is 5.70 Å². The van der Waals surface area contributed by atoms with Crippen LogP contribution in [0.2, 0.25) is 0 Å². The molecule has 1 N–H and O–H groups in total. The Kier molecular flexibility index (Phi) is 6.36. The maximum atomic E-state index is 13.3. The fourth-order valence-electron chi connectivity index (χ4n) is 4.28. The molecule has 172 valence electrons. The predicted octanol–water partition coefficient (Wildman–Crippen LogP) is 3.61.